The Balaban J connectivity index is 1.15. The minimum Gasteiger partial charge on any atom is -0.394 e. The first kappa shape index (κ1) is 46.0. The van der Waals surface area contributed by atoms with Crippen molar-refractivity contribution in [3.63, 3.8) is 0 Å². The number of hydrogen-bond acceptors (Lipinski definition) is 26. The lowest BCUT2D eigenvalue weighted by Gasteiger charge is -2.44. The van der Waals surface area contributed by atoms with Crippen LogP contribution in [0.4, 0.5) is 0 Å². The summed E-state index contributed by atoms with van der Waals surface area (Å²) in [5.41, 5.74) is 0. The fraction of sp³-hybridized carbons (Fsp3) is 1.00. The van der Waals surface area contributed by atoms with Crippen LogP contribution in [0, 0.1) is 0 Å². The van der Waals surface area contributed by atoms with Crippen molar-refractivity contribution in [2.24, 2.45) is 0 Å². The Bertz CT molecular complexity index is 1210. The molecule has 5 aliphatic heterocycles. The van der Waals surface area contributed by atoms with Crippen LogP contribution in [-0.2, 0) is 42.6 Å². The van der Waals surface area contributed by atoms with Gasteiger partial charge in [-0.05, 0) is 0 Å². The van der Waals surface area contributed by atoms with Crippen LogP contribution in [0.3, 0.4) is 0 Å². The van der Waals surface area contributed by atoms with Crippen molar-refractivity contribution in [1.82, 2.24) is 0 Å². The van der Waals surface area contributed by atoms with E-state index in [2.05, 4.69) is 0 Å². The molecule has 0 saturated carbocycles. The molecule has 26 heteroatoms. The fourth-order valence-corrected chi connectivity index (χ4v) is 6.61. The third-order valence-electron chi connectivity index (χ3n) is 10.2. The van der Waals surface area contributed by atoms with Gasteiger partial charge in [-0.1, -0.05) is 0 Å². The fourth-order valence-electron chi connectivity index (χ4n) is 6.61. The Kier molecular flexibility index (Phi) is 16.1. The van der Waals surface area contributed by atoms with Crippen LogP contribution in [0.25, 0.3) is 0 Å². The Morgan fingerprint density at radius 2 is 0.500 bits per heavy atom. The zero-order valence-electron chi connectivity index (χ0n) is 29.2. The van der Waals surface area contributed by atoms with Crippen LogP contribution in [0.5, 0.6) is 0 Å². The van der Waals surface area contributed by atoms with E-state index in [0.717, 1.165) is 0 Å². The quantitative estimate of drug-likeness (QED) is 0.0819. The third-order valence-corrected chi connectivity index (χ3v) is 10.2. The summed E-state index contributed by atoms with van der Waals surface area (Å²) in [7, 11) is 0. The SMILES string of the molecule is OC[C@H]1O[C@H](OC[C@H]2O[C@H](OC[C@H]3O[C@H](OC[C@H]4O[C@H](OC[C@H]5O[C@H](O)[C@H](O)[C@@H](O)[C@@H]5O)[C@H](O)[C@@H](O)[C@@H]4O)[C@H](O)[C@@H](O)[C@@H]3O)[C@H](O)[C@@H](O)[C@@H]2O)[C@H](O)[C@@H](O)[C@@H]1O. The van der Waals surface area contributed by atoms with Crippen molar-refractivity contribution >= 4 is 0 Å². The molecular formula is C30H52O26. The average Bonchev–Trinajstić information content (AvgIpc) is 3.18. The summed E-state index contributed by atoms with van der Waals surface area (Å²) < 4.78 is 48.5. The zero-order chi connectivity index (χ0) is 41.3. The molecule has 0 aromatic heterocycles. The monoisotopic (exact) mass is 828 g/mol. The van der Waals surface area contributed by atoms with Gasteiger partial charge in [0.05, 0.1) is 33.0 Å². The number of ether oxygens (including phenoxy) is 9. The zero-order valence-corrected chi connectivity index (χ0v) is 29.2. The number of aliphatic hydroxyl groups is 17. The second-order valence-corrected chi connectivity index (χ2v) is 14.1. The second-order valence-electron chi connectivity index (χ2n) is 14.1. The topological polar surface area (TPSA) is 427 Å². The first-order chi connectivity index (χ1) is 26.4. The van der Waals surface area contributed by atoms with Crippen LogP contribution in [0.1, 0.15) is 0 Å². The van der Waals surface area contributed by atoms with Crippen molar-refractivity contribution in [2.45, 2.75) is 154 Å². The lowest BCUT2D eigenvalue weighted by Crippen LogP contribution is -2.63. The molecule has 0 aromatic rings. The molecule has 0 bridgehead atoms. The van der Waals surface area contributed by atoms with E-state index in [9.17, 15) is 86.8 Å². The van der Waals surface area contributed by atoms with Crippen LogP contribution in [0.15, 0.2) is 0 Å². The van der Waals surface area contributed by atoms with Gasteiger partial charge in [-0.25, -0.2) is 0 Å². The lowest BCUT2D eigenvalue weighted by molar-refractivity contribution is -0.350. The van der Waals surface area contributed by atoms with E-state index in [1.165, 1.54) is 0 Å². The highest BCUT2D eigenvalue weighted by atomic mass is 16.8. The molecule has 0 aromatic carbocycles. The van der Waals surface area contributed by atoms with Gasteiger partial charge in [-0.15, -0.1) is 0 Å². The Labute approximate surface area is 316 Å². The number of hydrogen-bond donors (Lipinski definition) is 17. The molecule has 5 saturated heterocycles. The van der Waals surface area contributed by atoms with Gasteiger partial charge in [0.15, 0.2) is 31.5 Å². The molecule has 0 spiro atoms. The summed E-state index contributed by atoms with van der Waals surface area (Å²) in [6, 6.07) is 0. The molecule has 5 heterocycles. The standard InChI is InChI=1S/C30H52O26/c31-1-6-11(32)17(38)22(43)27(53-6)49-3-8-13(34)19(40)24(45)29(55-8)51-5-10-15(36)20(41)25(46)30(56-10)50-4-9-14(35)18(39)23(44)28(54-9)48-2-7-12(33)16(37)21(42)26(47)52-7/h6-47H,1-5H2/t6-,7-,8-,9-,10-,11-,12-,13-,14-,15-,16+,17+,18+,19+,20+,21-,22-,23-,24-,25-,26+,27+,28+,29+,30+/m1/s1. The van der Waals surface area contributed by atoms with Gasteiger partial charge in [0.2, 0.25) is 0 Å². The summed E-state index contributed by atoms with van der Waals surface area (Å²) in [6.45, 7) is -3.57. The van der Waals surface area contributed by atoms with Crippen molar-refractivity contribution in [2.75, 3.05) is 33.0 Å². The number of aliphatic hydroxyl groups excluding tert-OH is 17. The molecule has 0 radical (unpaired) electrons. The van der Waals surface area contributed by atoms with E-state index < -0.39 is 187 Å². The molecule has 56 heavy (non-hydrogen) atoms. The highest BCUT2D eigenvalue weighted by Crippen LogP contribution is 2.30. The van der Waals surface area contributed by atoms with Crippen LogP contribution >= 0.6 is 0 Å². The minimum absolute atomic E-state index is 0.669. The molecule has 17 N–H and O–H groups in total. The van der Waals surface area contributed by atoms with Gasteiger partial charge in [-0.2, -0.15) is 0 Å². The van der Waals surface area contributed by atoms with Gasteiger partial charge in [-0.3, -0.25) is 0 Å². The van der Waals surface area contributed by atoms with Crippen molar-refractivity contribution in [3.8, 4) is 0 Å². The third kappa shape index (κ3) is 9.77. The highest BCUT2D eigenvalue weighted by molar-refractivity contribution is 4.95. The van der Waals surface area contributed by atoms with E-state index in [0.29, 0.717) is 0 Å². The highest BCUT2D eigenvalue weighted by Gasteiger charge is 2.51. The van der Waals surface area contributed by atoms with Gasteiger partial charge in [0.25, 0.3) is 0 Å². The summed E-state index contributed by atoms with van der Waals surface area (Å²) in [4.78, 5) is 0. The molecule has 26 nitrogen and oxygen atoms in total. The molecule has 5 fully saturated rings. The van der Waals surface area contributed by atoms with Gasteiger partial charge >= 0.3 is 0 Å². The second kappa shape index (κ2) is 19.6. The van der Waals surface area contributed by atoms with Crippen molar-refractivity contribution < 1.29 is 129 Å². The molecule has 5 aliphatic rings. The van der Waals surface area contributed by atoms with Gasteiger partial charge in [0, 0.05) is 0 Å². The summed E-state index contributed by atoms with van der Waals surface area (Å²) in [5, 5.41) is 173. The average molecular weight is 829 g/mol. The van der Waals surface area contributed by atoms with E-state index in [-0.39, 0.29) is 0 Å². The Hall–Kier alpha value is -1.04. The summed E-state index contributed by atoms with van der Waals surface area (Å²) in [6.07, 6.45) is -44.0. The van der Waals surface area contributed by atoms with Gasteiger partial charge < -0.3 is 129 Å². The molecule has 0 unspecified atom stereocenters. The van der Waals surface area contributed by atoms with E-state index in [1.54, 1.807) is 0 Å². The molecular weight excluding hydrogens is 776 g/mol. The molecule has 0 aliphatic carbocycles. The maximum Gasteiger partial charge on any atom is 0.186 e. The summed E-state index contributed by atoms with van der Waals surface area (Å²) >= 11 is 0. The van der Waals surface area contributed by atoms with Crippen LogP contribution < -0.4 is 0 Å². The normalized spacial score (nSPS) is 53.2. The maximum atomic E-state index is 10.6. The van der Waals surface area contributed by atoms with E-state index >= 15 is 0 Å². The minimum atomic E-state index is -1.96. The Morgan fingerprint density at radius 1 is 0.268 bits per heavy atom. The first-order valence-corrected chi connectivity index (χ1v) is 17.6. The first-order valence-electron chi connectivity index (χ1n) is 17.6. The largest absolute Gasteiger partial charge is 0.394 e. The Morgan fingerprint density at radius 3 is 0.786 bits per heavy atom. The summed E-state index contributed by atoms with van der Waals surface area (Å²) in [5.74, 6) is 0. The van der Waals surface area contributed by atoms with E-state index in [4.69, 9.17) is 42.6 Å². The number of rotatable bonds is 13. The molecule has 25 atom stereocenters. The smallest absolute Gasteiger partial charge is 0.186 e. The van der Waals surface area contributed by atoms with Crippen LogP contribution in [-0.4, -0.2) is 273 Å². The predicted octanol–water partition coefficient (Wildman–Crippen LogP) is -11.9. The van der Waals surface area contributed by atoms with Crippen LogP contribution in [0.2, 0.25) is 0 Å². The molecule has 5 rings (SSSR count). The van der Waals surface area contributed by atoms with Crippen molar-refractivity contribution in [3.05, 3.63) is 0 Å². The van der Waals surface area contributed by atoms with E-state index in [1.807, 2.05) is 0 Å². The molecule has 0 amide bonds. The maximum absolute atomic E-state index is 10.6. The molecule has 328 valence electrons. The lowest BCUT2D eigenvalue weighted by atomic mass is 9.97. The van der Waals surface area contributed by atoms with Crippen molar-refractivity contribution in [1.29, 1.82) is 0 Å². The predicted molar refractivity (Wildman–Crippen MR) is 167 cm³/mol. The van der Waals surface area contributed by atoms with Gasteiger partial charge in [0.1, 0.15) is 122 Å².